The molecule has 4 nitrogen and oxygen atoms in total. The number of rotatable bonds is 5. The van der Waals surface area contributed by atoms with Gasteiger partial charge in [0.2, 0.25) is 0 Å². The van der Waals surface area contributed by atoms with Crippen LogP contribution in [-0.4, -0.2) is 25.0 Å². The van der Waals surface area contributed by atoms with E-state index in [0.717, 1.165) is 28.0 Å². The van der Waals surface area contributed by atoms with E-state index in [2.05, 4.69) is 4.98 Å². The number of fused-ring (bicyclic) bond motifs is 1. The lowest BCUT2D eigenvalue weighted by Crippen LogP contribution is -1.94. The highest BCUT2D eigenvalue weighted by molar-refractivity contribution is 6.07. The second-order valence-electron chi connectivity index (χ2n) is 5.08. The van der Waals surface area contributed by atoms with Crippen molar-refractivity contribution in [3.05, 3.63) is 65.9 Å². The van der Waals surface area contributed by atoms with Gasteiger partial charge in [0.15, 0.2) is 5.78 Å². The number of carbonyl (C=O) groups is 1. The van der Waals surface area contributed by atoms with Gasteiger partial charge in [-0.05, 0) is 54.6 Å². The molecule has 4 heteroatoms. The molecule has 3 rings (SSSR count). The van der Waals surface area contributed by atoms with E-state index in [-0.39, 0.29) is 5.78 Å². The maximum Gasteiger partial charge on any atom is 0.185 e. The average Bonchev–Trinajstić information content (AvgIpc) is 3.01. The van der Waals surface area contributed by atoms with Crippen LogP contribution in [0.4, 0.5) is 0 Å². The molecule has 1 N–H and O–H groups in total. The maximum absolute atomic E-state index is 12.2. The molecule has 1 heterocycles. The van der Waals surface area contributed by atoms with Gasteiger partial charge < -0.3 is 14.5 Å². The SMILES string of the molecule is COc1ccc(C(=O)/C=C/c2c[nH]c3ccc(OC)cc23)cc1. The van der Waals surface area contributed by atoms with Crippen molar-refractivity contribution in [3.8, 4) is 11.5 Å². The van der Waals surface area contributed by atoms with E-state index in [9.17, 15) is 4.79 Å². The summed E-state index contributed by atoms with van der Waals surface area (Å²) in [5, 5.41) is 1.02. The Morgan fingerprint density at radius 2 is 1.70 bits per heavy atom. The van der Waals surface area contributed by atoms with Gasteiger partial charge in [0.25, 0.3) is 0 Å². The predicted molar refractivity (Wildman–Crippen MR) is 91.2 cm³/mol. The van der Waals surface area contributed by atoms with Gasteiger partial charge >= 0.3 is 0 Å². The molecule has 0 spiro atoms. The molecule has 0 saturated carbocycles. The highest BCUT2D eigenvalue weighted by Gasteiger charge is 2.05. The average molecular weight is 307 g/mol. The molecular formula is C19H17NO3. The normalized spacial score (nSPS) is 11.0. The zero-order valence-electron chi connectivity index (χ0n) is 13.0. The van der Waals surface area contributed by atoms with Gasteiger partial charge in [-0.15, -0.1) is 0 Å². The number of carbonyl (C=O) groups excluding carboxylic acids is 1. The zero-order chi connectivity index (χ0) is 16.2. The molecule has 0 amide bonds. The lowest BCUT2D eigenvalue weighted by atomic mass is 10.1. The van der Waals surface area contributed by atoms with Crippen LogP contribution in [0.5, 0.6) is 11.5 Å². The minimum absolute atomic E-state index is 0.0510. The maximum atomic E-state index is 12.2. The quantitative estimate of drug-likeness (QED) is 0.571. The summed E-state index contributed by atoms with van der Waals surface area (Å²) in [6, 6.07) is 12.9. The lowest BCUT2D eigenvalue weighted by Gasteiger charge is -2.00. The third kappa shape index (κ3) is 3.11. The molecular weight excluding hydrogens is 290 g/mol. The molecule has 0 unspecified atom stereocenters. The number of aromatic nitrogens is 1. The molecule has 0 aliphatic heterocycles. The highest BCUT2D eigenvalue weighted by Crippen LogP contribution is 2.24. The van der Waals surface area contributed by atoms with Gasteiger partial charge in [-0.25, -0.2) is 0 Å². The second kappa shape index (κ2) is 6.40. The number of hydrogen-bond acceptors (Lipinski definition) is 3. The molecule has 3 aromatic rings. The van der Waals surface area contributed by atoms with Crippen LogP contribution in [0.25, 0.3) is 17.0 Å². The standard InChI is InChI=1S/C19H17NO3/c1-22-15-6-3-13(4-7-15)19(21)10-5-14-12-20-18-9-8-16(23-2)11-17(14)18/h3-12,20H,1-2H3/b10-5+. The Morgan fingerprint density at radius 3 is 2.39 bits per heavy atom. The van der Waals surface area contributed by atoms with E-state index in [0.29, 0.717) is 5.56 Å². The molecule has 0 fully saturated rings. The van der Waals surface area contributed by atoms with Crippen molar-refractivity contribution >= 4 is 22.8 Å². The van der Waals surface area contributed by atoms with Crippen molar-refractivity contribution in [1.82, 2.24) is 4.98 Å². The van der Waals surface area contributed by atoms with Gasteiger partial charge in [-0.1, -0.05) is 0 Å². The van der Waals surface area contributed by atoms with Crippen molar-refractivity contribution < 1.29 is 14.3 Å². The largest absolute Gasteiger partial charge is 0.497 e. The number of hydrogen-bond donors (Lipinski definition) is 1. The first-order valence-electron chi connectivity index (χ1n) is 7.23. The summed E-state index contributed by atoms with van der Waals surface area (Å²) >= 11 is 0. The summed E-state index contributed by atoms with van der Waals surface area (Å²) in [7, 11) is 3.23. The summed E-state index contributed by atoms with van der Waals surface area (Å²) in [5.74, 6) is 1.47. The Hall–Kier alpha value is -3.01. The third-order valence-corrected chi connectivity index (χ3v) is 3.71. The van der Waals surface area contributed by atoms with Crippen molar-refractivity contribution in [2.75, 3.05) is 14.2 Å². The van der Waals surface area contributed by atoms with E-state index >= 15 is 0 Å². The number of nitrogens with one attached hydrogen (secondary N) is 1. The van der Waals surface area contributed by atoms with Gasteiger partial charge in [-0.2, -0.15) is 0 Å². The predicted octanol–water partition coefficient (Wildman–Crippen LogP) is 4.08. The molecule has 0 radical (unpaired) electrons. The third-order valence-electron chi connectivity index (χ3n) is 3.71. The van der Waals surface area contributed by atoms with Crippen molar-refractivity contribution in [2.24, 2.45) is 0 Å². The fourth-order valence-electron chi connectivity index (χ4n) is 2.40. The van der Waals surface area contributed by atoms with Crippen LogP contribution in [0.2, 0.25) is 0 Å². The fourth-order valence-corrected chi connectivity index (χ4v) is 2.40. The smallest absolute Gasteiger partial charge is 0.185 e. The summed E-state index contributed by atoms with van der Waals surface area (Å²) in [6.07, 6.45) is 5.26. The van der Waals surface area contributed by atoms with Crippen LogP contribution in [-0.2, 0) is 0 Å². The van der Waals surface area contributed by atoms with Gasteiger partial charge in [0, 0.05) is 28.2 Å². The Bertz CT molecular complexity index is 860. The fraction of sp³-hybridized carbons (Fsp3) is 0.105. The van der Waals surface area contributed by atoms with E-state index in [4.69, 9.17) is 9.47 Å². The van der Waals surface area contributed by atoms with Crippen LogP contribution in [0, 0.1) is 0 Å². The minimum Gasteiger partial charge on any atom is -0.497 e. The topological polar surface area (TPSA) is 51.3 Å². The summed E-state index contributed by atoms with van der Waals surface area (Å²) in [6.45, 7) is 0. The Labute approximate surface area is 134 Å². The van der Waals surface area contributed by atoms with Crippen LogP contribution in [0.1, 0.15) is 15.9 Å². The van der Waals surface area contributed by atoms with Gasteiger partial charge in [0.1, 0.15) is 11.5 Å². The molecule has 1 aromatic heterocycles. The number of benzene rings is 2. The Morgan fingerprint density at radius 1 is 1.00 bits per heavy atom. The van der Waals surface area contributed by atoms with Crippen molar-refractivity contribution in [1.29, 1.82) is 0 Å². The molecule has 0 aliphatic rings. The number of ketones is 1. The molecule has 23 heavy (non-hydrogen) atoms. The summed E-state index contributed by atoms with van der Waals surface area (Å²) in [4.78, 5) is 15.4. The number of ether oxygens (including phenoxy) is 2. The molecule has 0 aliphatic carbocycles. The van der Waals surface area contributed by atoms with Crippen LogP contribution in [0.3, 0.4) is 0 Å². The first-order valence-corrected chi connectivity index (χ1v) is 7.23. The summed E-state index contributed by atoms with van der Waals surface area (Å²) < 4.78 is 10.3. The molecule has 0 saturated heterocycles. The van der Waals surface area contributed by atoms with Crippen molar-refractivity contribution in [3.63, 3.8) is 0 Å². The second-order valence-corrected chi connectivity index (χ2v) is 5.08. The minimum atomic E-state index is -0.0510. The van der Waals surface area contributed by atoms with E-state index in [1.807, 2.05) is 30.5 Å². The van der Waals surface area contributed by atoms with E-state index in [1.54, 1.807) is 44.6 Å². The molecule has 2 aromatic carbocycles. The Kier molecular flexibility index (Phi) is 4.15. The monoisotopic (exact) mass is 307 g/mol. The van der Waals surface area contributed by atoms with Gasteiger partial charge in [-0.3, -0.25) is 4.79 Å². The number of H-pyrrole nitrogens is 1. The number of aromatic amines is 1. The Balaban J connectivity index is 1.85. The van der Waals surface area contributed by atoms with Crippen LogP contribution >= 0.6 is 0 Å². The lowest BCUT2D eigenvalue weighted by molar-refractivity contribution is 0.104. The summed E-state index contributed by atoms with van der Waals surface area (Å²) in [5.41, 5.74) is 2.57. The van der Waals surface area contributed by atoms with E-state index in [1.165, 1.54) is 0 Å². The molecule has 0 bridgehead atoms. The first-order chi connectivity index (χ1) is 11.2. The van der Waals surface area contributed by atoms with Crippen molar-refractivity contribution in [2.45, 2.75) is 0 Å². The number of methoxy groups -OCH3 is 2. The first kappa shape index (κ1) is 14.9. The molecule has 116 valence electrons. The van der Waals surface area contributed by atoms with Crippen LogP contribution < -0.4 is 9.47 Å². The molecule has 0 atom stereocenters. The zero-order valence-corrected chi connectivity index (χ0v) is 13.0. The van der Waals surface area contributed by atoms with Crippen LogP contribution in [0.15, 0.2) is 54.7 Å². The highest BCUT2D eigenvalue weighted by atomic mass is 16.5. The van der Waals surface area contributed by atoms with E-state index < -0.39 is 0 Å². The van der Waals surface area contributed by atoms with Gasteiger partial charge in [0.05, 0.1) is 14.2 Å². The number of allylic oxidation sites excluding steroid dienone is 1.